The zero-order valence-electron chi connectivity index (χ0n) is 10.2. The molecule has 0 aliphatic rings. The summed E-state index contributed by atoms with van der Waals surface area (Å²) in [6.07, 6.45) is -5.04. The van der Waals surface area contributed by atoms with Crippen LogP contribution >= 0.6 is 11.6 Å². The highest BCUT2D eigenvalue weighted by Gasteiger charge is 2.31. The van der Waals surface area contributed by atoms with Gasteiger partial charge in [0.25, 0.3) is 0 Å². The summed E-state index contributed by atoms with van der Waals surface area (Å²) in [5.74, 6) is -8.16. The molecule has 0 aliphatic heterocycles. The van der Waals surface area contributed by atoms with Gasteiger partial charge in [-0.05, 0) is 17.7 Å². The standard InChI is InChI=1S/C13H4ClF7O/c14-8-11(17)9(15)7(10(16)12(8)18)5-2-1-3-6(4-5)22-13(19,20)21/h1-4H. The summed E-state index contributed by atoms with van der Waals surface area (Å²) < 4.78 is 94.1. The number of halogens is 8. The number of ether oxygens (including phenoxy) is 1. The molecule has 0 heterocycles. The first-order valence-electron chi connectivity index (χ1n) is 5.49. The van der Waals surface area contributed by atoms with Gasteiger partial charge in [-0.3, -0.25) is 0 Å². The third-order valence-corrected chi connectivity index (χ3v) is 2.90. The molecule has 0 N–H and O–H groups in total. The van der Waals surface area contributed by atoms with Gasteiger partial charge in [0.1, 0.15) is 10.8 Å². The molecule has 2 aromatic carbocycles. The van der Waals surface area contributed by atoms with Gasteiger partial charge in [-0.15, -0.1) is 13.2 Å². The first-order chi connectivity index (χ1) is 10.1. The number of hydrogen-bond acceptors (Lipinski definition) is 1. The lowest BCUT2D eigenvalue weighted by molar-refractivity contribution is -0.274. The first-order valence-corrected chi connectivity index (χ1v) is 5.87. The van der Waals surface area contributed by atoms with Crippen molar-refractivity contribution >= 4 is 11.6 Å². The molecule has 0 radical (unpaired) electrons. The summed E-state index contributed by atoms with van der Waals surface area (Å²) in [6, 6.07) is 3.37. The molecule has 0 unspecified atom stereocenters. The molecule has 2 rings (SSSR count). The Kier molecular flexibility index (Phi) is 4.23. The van der Waals surface area contributed by atoms with Gasteiger partial charge in [-0.2, -0.15) is 0 Å². The van der Waals surface area contributed by atoms with Gasteiger partial charge in [-0.1, -0.05) is 23.7 Å². The lowest BCUT2D eigenvalue weighted by atomic mass is 10.0. The largest absolute Gasteiger partial charge is 0.573 e. The third-order valence-electron chi connectivity index (χ3n) is 2.57. The van der Waals surface area contributed by atoms with Crippen molar-refractivity contribution in [3.05, 3.63) is 52.6 Å². The van der Waals surface area contributed by atoms with E-state index in [0.717, 1.165) is 18.2 Å². The maximum atomic E-state index is 13.7. The van der Waals surface area contributed by atoms with E-state index < -0.39 is 51.5 Å². The van der Waals surface area contributed by atoms with Crippen molar-refractivity contribution in [3.8, 4) is 16.9 Å². The minimum Gasteiger partial charge on any atom is -0.406 e. The molecule has 0 aliphatic carbocycles. The normalized spacial score (nSPS) is 11.6. The zero-order chi connectivity index (χ0) is 16.7. The van der Waals surface area contributed by atoms with E-state index in [1.54, 1.807) is 0 Å². The van der Waals surface area contributed by atoms with E-state index in [-0.39, 0.29) is 0 Å². The van der Waals surface area contributed by atoms with Crippen molar-refractivity contribution in [1.29, 1.82) is 0 Å². The van der Waals surface area contributed by atoms with Crippen molar-refractivity contribution in [1.82, 2.24) is 0 Å². The van der Waals surface area contributed by atoms with Crippen molar-refractivity contribution in [3.63, 3.8) is 0 Å². The van der Waals surface area contributed by atoms with Crippen LogP contribution in [-0.2, 0) is 0 Å². The highest BCUT2D eigenvalue weighted by molar-refractivity contribution is 6.31. The Bertz CT molecular complexity index is 698. The van der Waals surface area contributed by atoms with Crippen LogP contribution in [-0.4, -0.2) is 6.36 Å². The van der Waals surface area contributed by atoms with Gasteiger partial charge in [0.2, 0.25) is 0 Å². The molecule has 0 bridgehead atoms. The van der Waals surface area contributed by atoms with Gasteiger partial charge in [0.15, 0.2) is 23.3 Å². The molecular formula is C13H4ClF7O. The summed E-state index contributed by atoms with van der Waals surface area (Å²) in [6.45, 7) is 0. The highest BCUT2D eigenvalue weighted by atomic mass is 35.5. The Morgan fingerprint density at radius 2 is 1.41 bits per heavy atom. The molecule has 22 heavy (non-hydrogen) atoms. The summed E-state index contributed by atoms with van der Waals surface area (Å²) in [5.41, 5.74) is -1.74. The summed E-state index contributed by atoms with van der Waals surface area (Å²) in [4.78, 5) is 0. The molecule has 0 amide bonds. The van der Waals surface area contributed by atoms with Crippen LogP contribution in [0.1, 0.15) is 0 Å². The average Bonchev–Trinajstić information content (AvgIpc) is 2.42. The third kappa shape index (κ3) is 3.11. The molecular weight excluding hydrogens is 341 g/mol. The Labute approximate surface area is 123 Å². The van der Waals surface area contributed by atoms with Gasteiger partial charge in [0.05, 0.1) is 5.56 Å². The van der Waals surface area contributed by atoms with E-state index in [0.29, 0.717) is 6.07 Å². The maximum absolute atomic E-state index is 13.7. The second-order valence-corrected chi connectivity index (χ2v) is 4.40. The van der Waals surface area contributed by atoms with Crippen LogP contribution in [0, 0.1) is 23.3 Å². The first kappa shape index (κ1) is 16.4. The molecule has 0 atom stereocenters. The molecule has 9 heteroatoms. The van der Waals surface area contributed by atoms with E-state index >= 15 is 0 Å². The van der Waals surface area contributed by atoms with Crippen LogP contribution in [0.5, 0.6) is 5.75 Å². The molecule has 0 saturated carbocycles. The van der Waals surface area contributed by atoms with E-state index in [4.69, 9.17) is 11.6 Å². The minimum absolute atomic E-state index is 0.550. The Hall–Kier alpha value is -1.96. The Morgan fingerprint density at radius 1 is 0.864 bits per heavy atom. The molecule has 0 saturated heterocycles. The molecule has 1 nitrogen and oxygen atoms in total. The van der Waals surface area contributed by atoms with E-state index in [1.165, 1.54) is 0 Å². The van der Waals surface area contributed by atoms with Crippen molar-refractivity contribution < 1.29 is 35.5 Å². The minimum atomic E-state index is -5.04. The number of alkyl halides is 3. The second kappa shape index (κ2) is 5.68. The van der Waals surface area contributed by atoms with Crippen LogP contribution in [0.2, 0.25) is 5.02 Å². The SMILES string of the molecule is Fc1c(F)c(-c2cccc(OC(F)(F)F)c2)c(F)c(F)c1Cl. The lowest BCUT2D eigenvalue weighted by Gasteiger charge is -2.12. The van der Waals surface area contributed by atoms with Crippen molar-refractivity contribution in [2.45, 2.75) is 6.36 Å². The van der Waals surface area contributed by atoms with Crippen molar-refractivity contribution in [2.75, 3.05) is 0 Å². The van der Waals surface area contributed by atoms with Crippen LogP contribution < -0.4 is 4.74 Å². The molecule has 0 spiro atoms. The predicted octanol–water partition coefficient (Wildman–Crippen LogP) is 5.46. The van der Waals surface area contributed by atoms with E-state index in [9.17, 15) is 30.7 Å². The van der Waals surface area contributed by atoms with Crippen LogP contribution in [0.3, 0.4) is 0 Å². The molecule has 0 aromatic heterocycles. The zero-order valence-corrected chi connectivity index (χ0v) is 11.0. The van der Waals surface area contributed by atoms with Crippen LogP contribution in [0.15, 0.2) is 24.3 Å². The fourth-order valence-electron chi connectivity index (χ4n) is 1.71. The van der Waals surface area contributed by atoms with Gasteiger partial charge < -0.3 is 4.74 Å². The van der Waals surface area contributed by atoms with E-state index in [2.05, 4.69) is 4.74 Å². The second-order valence-electron chi connectivity index (χ2n) is 4.02. The van der Waals surface area contributed by atoms with Gasteiger partial charge >= 0.3 is 6.36 Å². The number of benzene rings is 2. The lowest BCUT2D eigenvalue weighted by Crippen LogP contribution is -2.17. The highest BCUT2D eigenvalue weighted by Crippen LogP contribution is 2.36. The quantitative estimate of drug-likeness (QED) is 0.399. The topological polar surface area (TPSA) is 9.23 Å². The fraction of sp³-hybridized carbons (Fsp3) is 0.0769. The van der Waals surface area contributed by atoms with Crippen molar-refractivity contribution in [2.24, 2.45) is 0 Å². The summed E-state index contributed by atoms with van der Waals surface area (Å²) >= 11 is 5.06. The molecule has 118 valence electrons. The molecule has 2 aromatic rings. The van der Waals surface area contributed by atoms with Gasteiger partial charge in [0, 0.05) is 0 Å². The monoisotopic (exact) mass is 344 g/mol. The van der Waals surface area contributed by atoms with Crippen LogP contribution in [0.25, 0.3) is 11.1 Å². The average molecular weight is 345 g/mol. The fourth-order valence-corrected chi connectivity index (χ4v) is 1.87. The van der Waals surface area contributed by atoms with Gasteiger partial charge in [-0.25, -0.2) is 17.6 Å². The summed E-state index contributed by atoms with van der Waals surface area (Å²) in [7, 11) is 0. The summed E-state index contributed by atoms with van der Waals surface area (Å²) in [5, 5.41) is -1.39. The predicted molar refractivity (Wildman–Crippen MR) is 63.4 cm³/mol. The molecule has 0 fully saturated rings. The number of rotatable bonds is 2. The maximum Gasteiger partial charge on any atom is 0.573 e. The number of hydrogen-bond donors (Lipinski definition) is 0. The smallest absolute Gasteiger partial charge is 0.406 e. The Morgan fingerprint density at radius 3 is 1.91 bits per heavy atom. The van der Waals surface area contributed by atoms with E-state index in [1.807, 2.05) is 0 Å². The van der Waals surface area contributed by atoms with Crippen LogP contribution in [0.4, 0.5) is 30.7 Å². The Balaban J connectivity index is 2.61.